The molecule has 2 saturated heterocycles. The van der Waals surface area contributed by atoms with Crippen molar-refractivity contribution >= 4 is 11.3 Å². The van der Waals surface area contributed by atoms with Crippen LogP contribution in [-0.4, -0.2) is 41.6 Å². The van der Waals surface area contributed by atoms with E-state index in [2.05, 4.69) is 34.6 Å². The van der Waals surface area contributed by atoms with E-state index in [0.29, 0.717) is 5.92 Å². The van der Waals surface area contributed by atoms with Gasteiger partial charge in [0.2, 0.25) is 0 Å². The van der Waals surface area contributed by atoms with Crippen LogP contribution in [0.4, 0.5) is 0 Å². The van der Waals surface area contributed by atoms with Crippen LogP contribution in [0.3, 0.4) is 0 Å². The molecule has 18 heavy (non-hydrogen) atoms. The van der Waals surface area contributed by atoms with Crippen molar-refractivity contribution in [2.45, 2.75) is 56.7 Å². The monoisotopic (exact) mass is 265 g/mol. The molecule has 100 valence electrons. The molecule has 0 aromatic carbocycles. The summed E-state index contributed by atoms with van der Waals surface area (Å²) in [7, 11) is 2.11. The molecule has 1 aromatic heterocycles. The third kappa shape index (κ3) is 2.33. The minimum atomic E-state index is 0.583. The van der Waals surface area contributed by atoms with E-state index >= 15 is 0 Å². The van der Waals surface area contributed by atoms with Gasteiger partial charge in [-0.3, -0.25) is 4.90 Å². The van der Waals surface area contributed by atoms with Crippen molar-refractivity contribution in [1.29, 1.82) is 0 Å². The van der Waals surface area contributed by atoms with Gasteiger partial charge in [-0.15, -0.1) is 11.3 Å². The van der Waals surface area contributed by atoms with Crippen LogP contribution in [0.15, 0.2) is 11.6 Å². The van der Waals surface area contributed by atoms with Crippen LogP contribution >= 0.6 is 11.3 Å². The quantitative estimate of drug-likeness (QED) is 0.906. The molecule has 3 rings (SSSR count). The Balaban J connectivity index is 1.64. The zero-order valence-electron chi connectivity index (χ0n) is 11.3. The summed E-state index contributed by atoms with van der Waals surface area (Å²) in [4.78, 5) is 7.23. The zero-order chi connectivity index (χ0) is 12.5. The van der Waals surface area contributed by atoms with Crippen molar-refractivity contribution in [3.05, 3.63) is 16.6 Å². The molecule has 3 unspecified atom stereocenters. The van der Waals surface area contributed by atoms with Gasteiger partial charge in [0.25, 0.3) is 0 Å². The maximum Gasteiger partial charge on any atom is 0.0965 e. The van der Waals surface area contributed by atoms with Crippen LogP contribution in [-0.2, 0) is 0 Å². The number of nitrogens with zero attached hydrogens (tertiary/aromatic N) is 2. The summed E-state index contributed by atoms with van der Waals surface area (Å²) in [6.07, 6.45) is 7.38. The van der Waals surface area contributed by atoms with E-state index in [0.717, 1.165) is 18.1 Å². The number of aromatic nitrogens is 1. The van der Waals surface area contributed by atoms with Gasteiger partial charge in [0.05, 0.1) is 5.01 Å². The molecular formula is C14H23N3S. The van der Waals surface area contributed by atoms with Gasteiger partial charge in [-0.1, -0.05) is 6.92 Å². The smallest absolute Gasteiger partial charge is 0.0965 e. The lowest BCUT2D eigenvalue weighted by molar-refractivity contribution is 0.113. The Labute approximate surface area is 114 Å². The number of hydrogen-bond acceptors (Lipinski definition) is 4. The second-order valence-electron chi connectivity index (χ2n) is 5.81. The highest BCUT2D eigenvalue weighted by atomic mass is 32.1. The highest BCUT2D eigenvalue weighted by Crippen LogP contribution is 2.37. The van der Waals surface area contributed by atoms with E-state index in [1.165, 1.54) is 37.2 Å². The summed E-state index contributed by atoms with van der Waals surface area (Å²) in [5.41, 5.74) is 0. The molecule has 2 fully saturated rings. The number of rotatable bonds is 4. The van der Waals surface area contributed by atoms with Crippen LogP contribution < -0.4 is 5.32 Å². The molecule has 2 aliphatic heterocycles. The number of thiazole rings is 1. The Bertz CT molecular complexity index is 364. The van der Waals surface area contributed by atoms with Gasteiger partial charge in [0.1, 0.15) is 0 Å². The van der Waals surface area contributed by atoms with Crippen molar-refractivity contribution in [1.82, 2.24) is 15.2 Å². The minimum Gasteiger partial charge on any atom is -0.317 e. The van der Waals surface area contributed by atoms with Crippen molar-refractivity contribution in [2.75, 3.05) is 13.6 Å². The molecule has 1 N–H and O–H groups in total. The first kappa shape index (κ1) is 12.6. The summed E-state index contributed by atoms with van der Waals surface area (Å²) in [5, 5.41) is 6.86. The standard InChI is InChI=1S/C14H23N3S/c1-10(14-16-5-6-18-14)9-17-12-3-4-13(17)8-11(7-12)15-2/h5-6,10-13,15H,3-4,7-9H2,1-2H3. The van der Waals surface area contributed by atoms with Crippen LogP contribution in [0, 0.1) is 0 Å². The second kappa shape index (κ2) is 5.27. The van der Waals surface area contributed by atoms with Crippen LogP contribution in [0.5, 0.6) is 0 Å². The Kier molecular flexibility index (Phi) is 3.68. The fourth-order valence-electron chi connectivity index (χ4n) is 3.68. The fourth-order valence-corrected chi connectivity index (χ4v) is 4.37. The van der Waals surface area contributed by atoms with Crippen molar-refractivity contribution < 1.29 is 0 Å². The summed E-state index contributed by atoms with van der Waals surface area (Å²) >= 11 is 1.80. The van der Waals surface area contributed by atoms with Gasteiger partial charge >= 0.3 is 0 Å². The molecule has 0 aliphatic carbocycles. The predicted molar refractivity (Wildman–Crippen MR) is 76.1 cm³/mol. The molecule has 4 heteroatoms. The predicted octanol–water partition coefficient (Wildman–Crippen LogP) is 2.46. The van der Waals surface area contributed by atoms with E-state index in [1.54, 1.807) is 11.3 Å². The molecule has 0 saturated carbocycles. The highest BCUT2D eigenvalue weighted by Gasteiger charge is 2.40. The molecule has 0 radical (unpaired) electrons. The lowest BCUT2D eigenvalue weighted by atomic mass is 9.96. The molecule has 0 spiro atoms. The summed E-state index contributed by atoms with van der Waals surface area (Å²) < 4.78 is 0. The largest absolute Gasteiger partial charge is 0.317 e. The molecule has 0 amide bonds. The van der Waals surface area contributed by atoms with Crippen LogP contribution in [0.2, 0.25) is 0 Å². The SMILES string of the molecule is CNC1CC2CCC(C1)N2CC(C)c1nccs1. The Morgan fingerprint density at radius 1 is 1.44 bits per heavy atom. The molecule has 2 aliphatic rings. The maximum absolute atomic E-state index is 4.46. The first-order chi connectivity index (χ1) is 8.78. The topological polar surface area (TPSA) is 28.2 Å². The molecule has 3 nitrogen and oxygen atoms in total. The maximum atomic E-state index is 4.46. The van der Waals surface area contributed by atoms with Gasteiger partial charge in [0, 0.05) is 42.2 Å². The average molecular weight is 265 g/mol. The van der Waals surface area contributed by atoms with Crippen molar-refractivity contribution in [3.63, 3.8) is 0 Å². The molecule has 2 bridgehead atoms. The molecular weight excluding hydrogens is 242 g/mol. The van der Waals surface area contributed by atoms with Crippen molar-refractivity contribution in [2.24, 2.45) is 0 Å². The second-order valence-corrected chi connectivity index (χ2v) is 6.74. The molecule has 3 atom stereocenters. The summed E-state index contributed by atoms with van der Waals surface area (Å²) in [5.74, 6) is 0.583. The third-order valence-corrected chi connectivity index (χ3v) is 5.66. The molecule has 3 heterocycles. The number of fused-ring (bicyclic) bond motifs is 2. The van der Waals surface area contributed by atoms with Gasteiger partial charge in [-0.25, -0.2) is 4.98 Å². The van der Waals surface area contributed by atoms with Crippen molar-refractivity contribution in [3.8, 4) is 0 Å². The van der Waals surface area contributed by atoms with E-state index in [-0.39, 0.29) is 0 Å². The number of piperidine rings is 1. The summed E-state index contributed by atoms with van der Waals surface area (Å²) in [6, 6.07) is 2.36. The van der Waals surface area contributed by atoms with E-state index < -0.39 is 0 Å². The lowest BCUT2D eigenvalue weighted by Crippen LogP contribution is -2.49. The Hall–Kier alpha value is -0.450. The fraction of sp³-hybridized carbons (Fsp3) is 0.786. The molecule has 1 aromatic rings. The van der Waals surface area contributed by atoms with Gasteiger partial charge in [-0.05, 0) is 32.7 Å². The average Bonchev–Trinajstić information content (AvgIpc) is 2.97. The van der Waals surface area contributed by atoms with E-state index in [1.807, 2.05) is 6.20 Å². The lowest BCUT2D eigenvalue weighted by Gasteiger charge is -2.40. The normalized spacial score (nSPS) is 33.8. The van der Waals surface area contributed by atoms with E-state index in [9.17, 15) is 0 Å². The minimum absolute atomic E-state index is 0.583. The highest BCUT2D eigenvalue weighted by molar-refractivity contribution is 7.09. The van der Waals surface area contributed by atoms with E-state index in [4.69, 9.17) is 0 Å². The van der Waals surface area contributed by atoms with Gasteiger partial charge < -0.3 is 5.32 Å². The van der Waals surface area contributed by atoms with Crippen LogP contribution in [0.25, 0.3) is 0 Å². The first-order valence-corrected chi connectivity index (χ1v) is 7.98. The Morgan fingerprint density at radius 3 is 2.72 bits per heavy atom. The Morgan fingerprint density at radius 2 is 2.17 bits per heavy atom. The van der Waals surface area contributed by atoms with Gasteiger partial charge in [0.15, 0.2) is 0 Å². The van der Waals surface area contributed by atoms with Crippen LogP contribution in [0.1, 0.15) is 43.5 Å². The number of hydrogen-bond donors (Lipinski definition) is 1. The van der Waals surface area contributed by atoms with Gasteiger partial charge in [-0.2, -0.15) is 0 Å². The third-order valence-electron chi connectivity index (χ3n) is 4.65. The summed E-state index contributed by atoms with van der Waals surface area (Å²) in [6.45, 7) is 3.52. The first-order valence-electron chi connectivity index (χ1n) is 7.10. The number of nitrogens with one attached hydrogen (secondary N) is 1. The zero-order valence-corrected chi connectivity index (χ0v) is 12.1.